The van der Waals surface area contributed by atoms with E-state index in [9.17, 15) is 9.59 Å². The Labute approximate surface area is 104 Å². The Morgan fingerprint density at radius 1 is 1.53 bits per heavy atom. The van der Waals surface area contributed by atoms with E-state index in [1.54, 1.807) is 0 Å². The SMILES string of the molecule is CCOc1c(Br)cnc2c1c(=O)[nH]c(=O)n2C. The van der Waals surface area contributed by atoms with Gasteiger partial charge in [-0.1, -0.05) is 0 Å². The van der Waals surface area contributed by atoms with E-state index in [0.29, 0.717) is 22.5 Å². The van der Waals surface area contributed by atoms with Gasteiger partial charge in [-0.05, 0) is 22.9 Å². The summed E-state index contributed by atoms with van der Waals surface area (Å²) in [7, 11) is 1.54. The van der Waals surface area contributed by atoms with Crippen molar-refractivity contribution in [2.24, 2.45) is 7.05 Å². The molecule has 0 aliphatic rings. The molecule has 2 aromatic heterocycles. The molecule has 0 saturated carbocycles. The fraction of sp³-hybridized carbons (Fsp3) is 0.300. The van der Waals surface area contributed by atoms with E-state index in [-0.39, 0.29) is 5.39 Å². The monoisotopic (exact) mass is 299 g/mol. The molecule has 7 heteroatoms. The van der Waals surface area contributed by atoms with Crippen LogP contribution < -0.4 is 16.0 Å². The van der Waals surface area contributed by atoms with E-state index >= 15 is 0 Å². The number of nitrogens with zero attached hydrogens (tertiary/aromatic N) is 2. The summed E-state index contributed by atoms with van der Waals surface area (Å²) in [6.07, 6.45) is 1.51. The second kappa shape index (κ2) is 4.33. The average molecular weight is 300 g/mol. The molecule has 0 aromatic carbocycles. The number of aromatic amines is 1. The van der Waals surface area contributed by atoms with Crippen LogP contribution in [0.15, 0.2) is 20.3 Å². The fourth-order valence-electron chi connectivity index (χ4n) is 1.55. The molecule has 0 aliphatic carbocycles. The number of aryl methyl sites for hydroxylation is 1. The lowest BCUT2D eigenvalue weighted by molar-refractivity contribution is 0.341. The Balaban J connectivity index is 2.99. The van der Waals surface area contributed by atoms with Gasteiger partial charge in [0.2, 0.25) is 0 Å². The van der Waals surface area contributed by atoms with Crippen molar-refractivity contribution in [3.63, 3.8) is 0 Å². The van der Waals surface area contributed by atoms with Gasteiger partial charge in [-0.2, -0.15) is 0 Å². The maximum Gasteiger partial charge on any atom is 0.329 e. The summed E-state index contributed by atoms with van der Waals surface area (Å²) in [5.74, 6) is 0.398. The lowest BCUT2D eigenvalue weighted by Gasteiger charge is -2.09. The number of halogens is 1. The van der Waals surface area contributed by atoms with Crippen molar-refractivity contribution in [1.29, 1.82) is 0 Å². The summed E-state index contributed by atoms with van der Waals surface area (Å²) < 4.78 is 7.25. The van der Waals surface area contributed by atoms with E-state index in [0.717, 1.165) is 0 Å². The van der Waals surface area contributed by atoms with Gasteiger partial charge in [-0.25, -0.2) is 9.78 Å². The van der Waals surface area contributed by atoms with Crippen molar-refractivity contribution < 1.29 is 4.74 Å². The predicted octanol–water partition coefficient (Wildman–Crippen LogP) is 0.783. The van der Waals surface area contributed by atoms with Crippen LogP contribution in [0, 0.1) is 0 Å². The van der Waals surface area contributed by atoms with Crippen molar-refractivity contribution in [2.75, 3.05) is 6.61 Å². The fourth-order valence-corrected chi connectivity index (χ4v) is 1.96. The second-order valence-corrected chi connectivity index (χ2v) is 4.24. The van der Waals surface area contributed by atoms with Crippen LogP contribution >= 0.6 is 15.9 Å². The normalized spacial score (nSPS) is 10.8. The van der Waals surface area contributed by atoms with E-state index in [1.807, 2.05) is 6.92 Å². The maximum absolute atomic E-state index is 11.8. The molecule has 2 aromatic rings. The Hall–Kier alpha value is -1.63. The number of pyridine rings is 1. The van der Waals surface area contributed by atoms with Gasteiger partial charge in [0.05, 0.1) is 11.1 Å². The summed E-state index contributed by atoms with van der Waals surface area (Å²) in [6, 6.07) is 0. The maximum atomic E-state index is 11.8. The zero-order chi connectivity index (χ0) is 12.6. The third kappa shape index (κ3) is 1.86. The number of H-pyrrole nitrogens is 1. The van der Waals surface area contributed by atoms with Crippen LogP contribution in [-0.4, -0.2) is 21.1 Å². The molecule has 0 aliphatic heterocycles. The predicted molar refractivity (Wildman–Crippen MR) is 66.5 cm³/mol. The summed E-state index contributed by atoms with van der Waals surface area (Å²) in [6.45, 7) is 2.23. The number of rotatable bonds is 2. The zero-order valence-electron chi connectivity index (χ0n) is 9.28. The van der Waals surface area contributed by atoms with Crippen LogP contribution in [0.4, 0.5) is 0 Å². The smallest absolute Gasteiger partial charge is 0.329 e. The lowest BCUT2D eigenvalue weighted by atomic mass is 10.3. The highest BCUT2D eigenvalue weighted by Gasteiger charge is 2.14. The number of fused-ring (bicyclic) bond motifs is 1. The molecule has 0 atom stereocenters. The minimum Gasteiger partial charge on any atom is -0.492 e. The van der Waals surface area contributed by atoms with Crippen LogP contribution in [0.3, 0.4) is 0 Å². The Morgan fingerprint density at radius 3 is 2.88 bits per heavy atom. The van der Waals surface area contributed by atoms with Gasteiger partial charge in [0.15, 0.2) is 11.4 Å². The van der Waals surface area contributed by atoms with E-state index in [2.05, 4.69) is 25.9 Å². The quantitative estimate of drug-likeness (QED) is 0.889. The summed E-state index contributed by atoms with van der Waals surface area (Å²) in [5.41, 5.74) is -0.703. The largest absolute Gasteiger partial charge is 0.492 e. The van der Waals surface area contributed by atoms with Gasteiger partial charge in [-0.15, -0.1) is 0 Å². The van der Waals surface area contributed by atoms with Crippen LogP contribution in [-0.2, 0) is 7.05 Å². The number of hydrogen-bond donors (Lipinski definition) is 1. The topological polar surface area (TPSA) is 77.0 Å². The minimum atomic E-state index is -0.500. The summed E-state index contributed by atoms with van der Waals surface area (Å²) in [4.78, 5) is 29.5. The minimum absolute atomic E-state index is 0.267. The molecule has 1 N–H and O–H groups in total. The van der Waals surface area contributed by atoms with E-state index in [4.69, 9.17) is 4.74 Å². The van der Waals surface area contributed by atoms with Gasteiger partial charge in [0.25, 0.3) is 5.56 Å². The second-order valence-electron chi connectivity index (χ2n) is 3.39. The molecular formula is C10H10BrN3O3. The number of ether oxygens (including phenoxy) is 1. The van der Waals surface area contributed by atoms with Crippen molar-refractivity contribution in [2.45, 2.75) is 6.92 Å². The van der Waals surface area contributed by atoms with Gasteiger partial charge >= 0.3 is 5.69 Å². The molecule has 0 unspecified atom stereocenters. The van der Waals surface area contributed by atoms with Crippen molar-refractivity contribution >= 4 is 27.0 Å². The van der Waals surface area contributed by atoms with E-state index in [1.165, 1.54) is 17.8 Å². The summed E-state index contributed by atoms with van der Waals surface area (Å²) in [5, 5.41) is 0.267. The first-order valence-electron chi connectivity index (χ1n) is 4.96. The highest BCUT2D eigenvalue weighted by Crippen LogP contribution is 2.29. The third-order valence-corrected chi connectivity index (χ3v) is 2.89. The van der Waals surface area contributed by atoms with Crippen LogP contribution in [0.5, 0.6) is 5.75 Å². The zero-order valence-corrected chi connectivity index (χ0v) is 10.9. The highest BCUT2D eigenvalue weighted by molar-refractivity contribution is 9.10. The van der Waals surface area contributed by atoms with Crippen molar-refractivity contribution in [3.05, 3.63) is 31.5 Å². The highest BCUT2D eigenvalue weighted by atomic mass is 79.9. The van der Waals surface area contributed by atoms with Gasteiger partial charge in [0, 0.05) is 13.2 Å². The molecule has 6 nitrogen and oxygen atoms in total. The first-order chi connectivity index (χ1) is 8.06. The first-order valence-corrected chi connectivity index (χ1v) is 5.76. The molecule has 17 heavy (non-hydrogen) atoms. The van der Waals surface area contributed by atoms with Crippen LogP contribution in [0.2, 0.25) is 0 Å². The Kier molecular flexibility index (Phi) is 3.01. The molecule has 0 radical (unpaired) electrons. The van der Waals surface area contributed by atoms with E-state index < -0.39 is 11.2 Å². The molecule has 0 fully saturated rings. The number of hydrogen-bond acceptors (Lipinski definition) is 4. The molecule has 2 rings (SSSR count). The molecule has 0 spiro atoms. The van der Waals surface area contributed by atoms with Crippen molar-refractivity contribution in [3.8, 4) is 5.75 Å². The number of aromatic nitrogens is 3. The Bertz CT molecular complexity index is 689. The average Bonchev–Trinajstić information content (AvgIpc) is 2.29. The van der Waals surface area contributed by atoms with Crippen LogP contribution in [0.25, 0.3) is 11.0 Å². The molecule has 0 amide bonds. The Morgan fingerprint density at radius 2 is 2.24 bits per heavy atom. The molecule has 90 valence electrons. The standard InChI is InChI=1S/C10H10BrN3O3/c1-3-17-7-5(11)4-12-8-6(7)9(15)13-10(16)14(8)2/h4H,3H2,1-2H3,(H,13,15,16). The first kappa shape index (κ1) is 11.8. The molecule has 0 bridgehead atoms. The van der Waals surface area contributed by atoms with Crippen molar-refractivity contribution in [1.82, 2.24) is 14.5 Å². The summed E-state index contributed by atoms with van der Waals surface area (Å²) >= 11 is 3.27. The van der Waals surface area contributed by atoms with Crippen LogP contribution in [0.1, 0.15) is 6.92 Å². The lowest BCUT2D eigenvalue weighted by Crippen LogP contribution is -2.29. The third-order valence-electron chi connectivity index (χ3n) is 2.33. The molecule has 0 saturated heterocycles. The molecule has 2 heterocycles. The van der Waals surface area contributed by atoms with Gasteiger partial charge in [0.1, 0.15) is 5.39 Å². The molecular weight excluding hydrogens is 290 g/mol. The number of nitrogens with one attached hydrogen (secondary N) is 1. The van der Waals surface area contributed by atoms with Gasteiger partial charge < -0.3 is 4.74 Å². The van der Waals surface area contributed by atoms with Gasteiger partial charge in [-0.3, -0.25) is 14.3 Å².